The molecule has 2 saturated carbocycles. The van der Waals surface area contributed by atoms with Crippen molar-refractivity contribution in [1.29, 1.82) is 0 Å². The number of rotatable bonds is 8. The van der Waals surface area contributed by atoms with Crippen molar-refractivity contribution in [3.8, 4) is 0 Å². The fourth-order valence-electron chi connectivity index (χ4n) is 10.6. The number of carbonyl (C=O) groups excluding carboxylic acids is 2. The van der Waals surface area contributed by atoms with Gasteiger partial charge in [0.15, 0.2) is 0 Å². The molecule has 0 aromatic heterocycles. The van der Waals surface area contributed by atoms with Gasteiger partial charge in [0, 0.05) is 18.8 Å². The molecule has 5 heteroatoms. The summed E-state index contributed by atoms with van der Waals surface area (Å²) >= 11 is 0. The molecule has 0 radical (unpaired) electrons. The molecule has 1 N–H and O–H groups in total. The molecular weight excluding hydrogens is 500 g/mol. The van der Waals surface area contributed by atoms with Gasteiger partial charge in [0.25, 0.3) is 0 Å². The lowest BCUT2D eigenvalue weighted by Crippen LogP contribution is -2.56. The summed E-state index contributed by atoms with van der Waals surface area (Å²) in [5, 5.41) is 10.5. The molecule has 8 unspecified atom stereocenters. The number of fused-ring (bicyclic) bond motifs is 4. The van der Waals surface area contributed by atoms with Crippen molar-refractivity contribution in [2.75, 3.05) is 0 Å². The summed E-state index contributed by atoms with van der Waals surface area (Å²) in [7, 11) is 0. The molecule has 0 spiro atoms. The summed E-state index contributed by atoms with van der Waals surface area (Å²) in [6, 6.07) is 0. The number of carboxylic acid groups (broad SMARTS) is 1. The van der Waals surface area contributed by atoms with E-state index < -0.39 is 11.9 Å². The van der Waals surface area contributed by atoms with Crippen molar-refractivity contribution >= 4 is 17.7 Å². The number of Topliss-reactive ketones (excluding diaryl/α,β-unsaturated/α-hetero) is 1. The van der Waals surface area contributed by atoms with Crippen LogP contribution >= 0.6 is 0 Å². The normalized spacial score (nSPS) is 38.9. The quantitative estimate of drug-likeness (QED) is 0.241. The van der Waals surface area contributed by atoms with Gasteiger partial charge in [-0.3, -0.25) is 9.59 Å². The molecular formula is C35H54O5. The van der Waals surface area contributed by atoms with Crippen LogP contribution in [0.3, 0.4) is 0 Å². The molecule has 8 atom stereocenters. The van der Waals surface area contributed by atoms with Crippen molar-refractivity contribution in [2.45, 2.75) is 133 Å². The maximum atomic E-state index is 12.8. The van der Waals surface area contributed by atoms with Crippen LogP contribution in [0.5, 0.6) is 0 Å². The largest absolute Gasteiger partial charge is 0.481 e. The third-order valence-electron chi connectivity index (χ3n) is 12.7. The Kier molecular flexibility index (Phi) is 8.33. The Hall–Kier alpha value is -1.91. The van der Waals surface area contributed by atoms with Crippen molar-refractivity contribution < 1.29 is 24.2 Å². The second-order valence-corrected chi connectivity index (χ2v) is 15.3. The number of hydrogen-bond donors (Lipinski definition) is 1. The fraction of sp³-hybridized carbons (Fsp3) is 0.800. The molecule has 4 aliphatic rings. The van der Waals surface area contributed by atoms with E-state index >= 15 is 0 Å². The third kappa shape index (κ3) is 4.81. The van der Waals surface area contributed by atoms with Gasteiger partial charge in [-0.15, -0.1) is 0 Å². The Bertz CT molecular complexity index is 1110. The predicted octanol–water partition coefficient (Wildman–Crippen LogP) is 8.32. The minimum Gasteiger partial charge on any atom is -0.481 e. The topological polar surface area (TPSA) is 80.7 Å². The number of carbonyl (C=O) groups is 3. The smallest absolute Gasteiger partial charge is 0.306 e. The van der Waals surface area contributed by atoms with Crippen LogP contribution in [0.25, 0.3) is 0 Å². The van der Waals surface area contributed by atoms with Crippen LogP contribution in [0.1, 0.15) is 127 Å². The average molecular weight is 555 g/mol. The Balaban J connectivity index is 1.78. The molecule has 4 aliphatic carbocycles. The summed E-state index contributed by atoms with van der Waals surface area (Å²) in [4.78, 5) is 37.4. The zero-order valence-corrected chi connectivity index (χ0v) is 26.6. The Morgan fingerprint density at radius 2 is 1.65 bits per heavy atom. The molecule has 0 heterocycles. The number of aliphatic carboxylic acids is 1. The highest BCUT2D eigenvalue weighted by Gasteiger charge is 2.67. The Morgan fingerprint density at radius 3 is 2.23 bits per heavy atom. The van der Waals surface area contributed by atoms with Gasteiger partial charge in [0.2, 0.25) is 0 Å². The number of esters is 1. The highest BCUT2D eigenvalue weighted by atomic mass is 16.5. The van der Waals surface area contributed by atoms with E-state index in [4.69, 9.17) is 4.74 Å². The Morgan fingerprint density at radius 1 is 0.975 bits per heavy atom. The number of ketones is 1. The molecule has 40 heavy (non-hydrogen) atoms. The van der Waals surface area contributed by atoms with Gasteiger partial charge < -0.3 is 14.6 Å². The van der Waals surface area contributed by atoms with Crippen LogP contribution in [-0.4, -0.2) is 28.9 Å². The van der Waals surface area contributed by atoms with Crippen LogP contribution in [-0.2, 0) is 19.1 Å². The summed E-state index contributed by atoms with van der Waals surface area (Å²) < 4.78 is 5.86. The highest BCUT2D eigenvalue weighted by molar-refractivity contribution is 5.76. The van der Waals surface area contributed by atoms with Gasteiger partial charge in [-0.1, -0.05) is 57.4 Å². The number of ether oxygens (including phenoxy) is 1. The van der Waals surface area contributed by atoms with Crippen LogP contribution < -0.4 is 0 Å². The first-order chi connectivity index (χ1) is 18.5. The van der Waals surface area contributed by atoms with Crippen molar-refractivity contribution in [2.24, 2.45) is 45.3 Å². The first-order valence-electron chi connectivity index (χ1n) is 15.8. The number of allylic oxidation sites excluding steroid dienone is 4. The molecule has 0 saturated heterocycles. The molecule has 5 nitrogen and oxygen atoms in total. The SMILES string of the molecule is CC(=O)CC1CC(C(CCC=C(C)C)C(=O)O)C2(C)CCC3=C(CCC4C3(C)CCC(OC(C)=O)C4(C)C)C12C. The van der Waals surface area contributed by atoms with Crippen molar-refractivity contribution in [3.05, 3.63) is 22.8 Å². The van der Waals surface area contributed by atoms with E-state index in [1.165, 1.54) is 12.5 Å². The molecule has 0 aromatic rings. The zero-order chi connectivity index (χ0) is 29.8. The Labute approximate surface area is 242 Å². The van der Waals surface area contributed by atoms with Crippen molar-refractivity contribution in [1.82, 2.24) is 0 Å². The molecule has 0 amide bonds. The predicted molar refractivity (Wildman–Crippen MR) is 159 cm³/mol. The average Bonchev–Trinajstić information content (AvgIpc) is 3.05. The monoisotopic (exact) mass is 554 g/mol. The van der Waals surface area contributed by atoms with Gasteiger partial charge in [-0.2, -0.15) is 0 Å². The minimum atomic E-state index is -0.680. The first kappa shape index (κ1) is 31.0. The first-order valence-corrected chi connectivity index (χ1v) is 15.8. The summed E-state index contributed by atoms with van der Waals surface area (Å²) in [6.45, 7) is 19.2. The van der Waals surface area contributed by atoms with Crippen LogP contribution in [0.2, 0.25) is 0 Å². The standard InChI is InChI=1S/C35H54O5/c1-21(2)11-10-12-25(31(38)39)28-20-24(19-22(3)36)35(9)27-13-14-29-32(5,6)30(40-23(4)37)16-17-33(29,7)26(27)15-18-34(28,35)8/h11,24-25,28-30H,10,12-20H2,1-9H3,(H,38,39). The van der Waals surface area contributed by atoms with Gasteiger partial charge in [-0.25, -0.2) is 0 Å². The van der Waals surface area contributed by atoms with E-state index in [-0.39, 0.29) is 51.4 Å². The summed E-state index contributed by atoms with van der Waals surface area (Å²) in [5.41, 5.74) is 3.93. The maximum Gasteiger partial charge on any atom is 0.306 e. The van der Waals surface area contributed by atoms with Crippen molar-refractivity contribution in [3.63, 3.8) is 0 Å². The highest BCUT2D eigenvalue weighted by Crippen LogP contribution is 2.74. The molecule has 2 fully saturated rings. The summed E-state index contributed by atoms with van der Waals surface area (Å²) in [5.74, 6) is -0.420. The van der Waals surface area contributed by atoms with Gasteiger partial charge in [-0.05, 0) is 113 Å². The second-order valence-electron chi connectivity index (χ2n) is 15.3. The van der Waals surface area contributed by atoms with Gasteiger partial charge in [0.1, 0.15) is 11.9 Å². The number of hydrogen-bond acceptors (Lipinski definition) is 4. The van der Waals surface area contributed by atoms with Crippen LogP contribution in [0.4, 0.5) is 0 Å². The van der Waals surface area contributed by atoms with E-state index in [0.717, 1.165) is 51.4 Å². The summed E-state index contributed by atoms with van der Waals surface area (Å²) in [6.07, 6.45) is 10.8. The third-order valence-corrected chi connectivity index (χ3v) is 12.7. The second kappa shape index (κ2) is 10.7. The lowest BCUT2D eigenvalue weighted by atomic mass is 9.42. The molecule has 4 rings (SSSR count). The zero-order valence-electron chi connectivity index (χ0n) is 26.6. The molecule has 224 valence electrons. The van der Waals surface area contributed by atoms with Gasteiger partial charge >= 0.3 is 11.9 Å². The van der Waals surface area contributed by atoms with E-state index in [1.807, 2.05) is 0 Å². The lowest BCUT2D eigenvalue weighted by Gasteiger charge is -2.63. The number of carboxylic acids is 1. The van der Waals surface area contributed by atoms with E-state index in [1.54, 1.807) is 18.1 Å². The molecule has 0 aromatic carbocycles. The minimum absolute atomic E-state index is 0.0343. The van der Waals surface area contributed by atoms with Gasteiger partial charge in [0.05, 0.1) is 5.92 Å². The van der Waals surface area contributed by atoms with E-state index in [0.29, 0.717) is 18.8 Å². The van der Waals surface area contributed by atoms with E-state index in [2.05, 4.69) is 54.5 Å². The van der Waals surface area contributed by atoms with E-state index in [9.17, 15) is 19.5 Å². The molecule has 0 bridgehead atoms. The maximum absolute atomic E-state index is 12.8. The van der Waals surface area contributed by atoms with Crippen LogP contribution in [0.15, 0.2) is 22.8 Å². The molecule has 0 aliphatic heterocycles. The van der Waals surface area contributed by atoms with Crippen LogP contribution in [0, 0.1) is 45.3 Å². The fourth-order valence-corrected chi connectivity index (χ4v) is 10.6. The lowest BCUT2D eigenvalue weighted by molar-refractivity contribution is -0.167.